The normalized spacial score (nSPS) is 19.7. The molecular weight excluding hydrogens is 238 g/mol. The molecule has 0 spiro atoms. The first-order valence-electron chi connectivity index (χ1n) is 5.66. The van der Waals surface area contributed by atoms with Crippen molar-refractivity contribution >= 4 is 9.84 Å². The molecule has 94 valence electrons. The highest BCUT2D eigenvalue weighted by atomic mass is 32.2. The Morgan fingerprint density at radius 2 is 2.00 bits per heavy atom. The third-order valence-electron chi connectivity index (χ3n) is 2.93. The highest BCUT2D eigenvalue weighted by Gasteiger charge is 2.23. The van der Waals surface area contributed by atoms with E-state index in [9.17, 15) is 8.42 Å². The number of hydrogen-bond donors (Lipinski definition) is 1. The first kappa shape index (κ1) is 12.4. The van der Waals surface area contributed by atoms with E-state index < -0.39 is 9.84 Å². The lowest BCUT2D eigenvalue weighted by Gasteiger charge is -2.27. The number of ether oxygens (including phenoxy) is 1. The maximum atomic E-state index is 11.9. The number of hydrogen-bond acceptors (Lipinski definition) is 4. The number of rotatable bonds is 5. The fourth-order valence-corrected chi connectivity index (χ4v) is 3.55. The fraction of sp³-hybridized carbons (Fsp3) is 0.500. The third-order valence-corrected chi connectivity index (χ3v) is 4.61. The van der Waals surface area contributed by atoms with Gasteiger partial charge in [-0.05, 0) is 30.7 Å². The van der Waals surface area contributed by atoms with Gasteiger partial charge in [-0.15, -0.1) is 0 Å². The minimum Gasteiger partial charge on any atom is -0.497 e. The summed E-state index contributed by atoms with van der Waals surface area (Å²) in [5.74, 6) is 1.08. The molecule has 2 rings (SSSR count). The molecule has 0 bridgehead atoms. The monoisotopic (exact) mass is 255 g/mol. The van der Waals surface area contributed by atoms with Crippen molar-refractivity contribution in [1.29, 1.82) is 0 Å². The van der Waals surface area contributed by atoms with E-state index in [1.807, 2.05) is 0 Å². The van der Waals surface area contributed by atoms with Crippen LogP contribution in [0, 0.1) is 0 Å². The Labute approximate surface area is 102 Å². The molecule has 0 radical (unpaired) electrons. The second kappa shape index (κ2) is 5.06. The molecule has 0 amide bonds. The van der Waals surface area contributed by atoms with Crippen LogP contribution in [0.15, 0.2) is 24.3 Å². The lowest BCUT2D eigenvalue weighted by molar-refractivity contribution is 0.398. The van der Waals surface area contributed by atoms with E-state index in [0.717, 1.165) is 24.3 Å². The Balaban J connectivity index is 1.98. The number of methoxy groups -OCH3 is 1. The van der Waals surface area contributed by atoms with E-state index in [2.05, 4.69) is 5.32 Å². The molecular formula is C12H17NO3S. The minimum atomic E-state index is -3.02. The zero-order valence-corrected chi connectivity index (χ0v) is 10.7. The summed E-state index contributed by atoms with van der Waals surface area (Å²) in [4.78, 5) is 0. The van der Waals surface area contributed by atoms with Crippen molar-refractivity contribution in [2.24, 2.45) is 0 Å². The average Bonchev–Trinajstić information content (AvgIpc) is 2.24. The third kappa shape index (κ3) is 3.44. The van der Waals surface area contributed by atoms with E-state index in [4.69, 9.17) is 4.74 Å². The topological polar surface area (TPSA) is 55.4 Å². The first-order chi connectivity index (χ1) is 8.09. The van der Waals surface area contributed by atoms with Crippen molar-refractivity contribution in [2.45, 2.75) is 18.2 Å². The van der Waals surface area contributed by atoms with Crippen LogP contribution in [0.1, 0.15) is 12.0 Å². The van der Waals surface area contributed by atoms with Crippen LogP contribution >= 0.6 is 0 Å². The van der Waals surface area contributed by atoms with Gasteiger partial charge in [0, 0.05) is 6.04 Å². The molecule has 0 saturated carbocycles. The maximum Gasteiger partial charge on any atom is 0.155 e. The molecule has 1 N–H and O–H groups in total. The number of benzene rings is 1. The van der Waals surface area contributed by atoms with Gasteiger partial charge in [0.2, 0.25) is 0 Å². The van der Waals surface area contributed by atoms with Crippen LogP contribution in [0.5, 0.6) is 5.75 Å². The predicted molar refractivity (Wildman–Crippen MR) is 66.9 cm³/mol. The Bertz CT molecular complexity index is 463. The minimum absolute atomic E-state index is 0.106. The van der Waals surface area contributed by atoms with Crippen LogP contribution in [0.25, 0.3) is 0 Å². The van der Waals surface area contributed by atoms with Gasteiger partial charge < -0.3 is 10.1 Å². The van der Waals surface area contributed by atoms with Crippen LogP contribution < -0.4 is 10.1 Å². The van der Waals surface area contributed by atoms with E-state index in [1.54, 1.807) is 31.4 Å². The quantitative estimate of drug-likeness (QED) is 0.852. The van der Waals surface area contributed by atoms with Crippen LogP contribution in [0.4, 0.5) is 0 Å². The zero-order chi connectivity index (χ0) is 12.3. The molecule has 0 aromatic heterocycles. The predicted octanol–water partition coefficient (Wildman–Crippen LogP) is 0.972. The van der Waals surface area contributed by atoms with Gasteiger partial charge in [0.1, 0.15) is 5.75 Å². The molecule has 4 nitrogen and oxygen atoms in total. The lowest BCUT2D eigenvalue weighted by atomic mass is 10.1. The Kier molecular flexibility index (Phi) is 3.69. The molecule has 1 aromatic carbocycles. The van der Waals surface area contributed by atoms with E-state index in [-0.39, 0.29) is 17.5 Å². The first-order valence-corrected chi connectivity index (χ1v) is 7.48. The standard InChI is InChI=1S/C12H17NO3S/c1-16-12-4-2-10(3-5-12)8-17(14,15)9-11-6-7-13-11/h2-5,11,13H,6-9H2,1H3. The largest absolute Gasteiger partial charge is 0.497 e. The summed E-state index contributed by atoms with van der Waals surface area (Å²) in [6.07, 6.45) is 0.960. The van der Waals surface area contributed by atoms with Gasteiger partial charge in [0.25, 0.3) is 0 Å². The molecule has 1 unspecified atom stereocenters. The van der Waals surface area contributed by atoms with Gasteiger partial charge in [-0.25, -0.2) is 8.42 Å². The summed E-state index contributed by atoms with van der Waals surface area (Å²) in [5, 5.41) is 3.11. The van der Waals surface area contributed by atoms with Crippen molar-refractivity contribution in [2.75, 3.05) is 19.4 Å². The molecule has 1 saturated heterocycles. The molecule has 5 heteroatoms. The van der Waals surface area contributed by atoms with Crippen molar-refractivity contribution < 1.29 is 13.2 Å². The summed E-state index contributed by atoms with van der Waals surface area (Å²) in [6, 6.07) is 7.31. The van der Waals surface area contributed by atoms with Crippen molar-refractivity contribution in [3.05, 3.63) is 29.8 Å². The van der Waals surface area contributed by atoms with Crippen molar-refractivity contribution in [3.8, 4) is 5.75 Å². The van der Waals surface area contributed by atoms with Gasteiger partial charge in [-0.1, -0.05) is 12.1 Å². The Hall–Kier alpha value is -1.07. The smallest absolute Gasteiger partial charge is 0.155 e. The summed E-state index contributed by atoms with van der Waals surface area (Å²) in [6.45, 7) is 0.933. The van der Waals surface area contributed by atoms with Crippen molar-refractivity contribution in [3.63, 3.8) is 0 Å². The van der Waals surface area contributed by atoms with E-state index >= 15 is 0 Å². The number of nitrogens with one attached hydrogen (secondary N) is 1. The molecule has 0 aliphatic carbocycles. The Morgan fingerprint density at radius 1 is 1.35 bits per heavy atom. The van der Waals surface area contributed by atoms with Crippen molar-refractivity contribution in [1.82, 2.24) is 5.32 Å². The SMILES string of the molecule is COc1ccc(CS(=O)(=O)CC2CCN2)cc1. The van der Waals surface area contributed by atoms with Crippen LogP contribution in [0.3, 0.4) is 0 Å². The summed E-state index contributed by atoms with van der Waals surface area (Å²) in [7, 11) is -1.43. The molecule has 1 aromatic rings. The molecule has 1 fully saturated rings. The lowest BCUT2D eigenvalue weighted by Crippen LogP contribution is -2.47. The molecule has 1 aliphatic rings. The van der Waals surface area contributed by atoms with E-state index in [0.29, 0.717) is 0 Å². The number of sulfone groups is 1. The summed E-state index contributed by atoms with van der Waals surface area (Å²) >= 11 is 0. The second-order valence-electron chi connectivity index (χ2n) is 4.34. The zero-order valence-electron chi connectivity index (χ0n) is 9.85. The van der Waals surface area contributed by atoms with Gasteiger partial charge in [0.15, 0.2) is 9.84 Å². The van der Waals surface area contributed by atoms with Crippen LogP contribution in [-0.4, -0.2) is 33.9 Å². The highest BCUT2D eigenvalue weighted by molar-refractivity contribution is 7.90. The fourth-order valence-electron chi connectivity index (χ4n) is 1.83. The molecule has 1 atom stereocenters. The molecule has 1 aliphatic heterocycles. The van der Waals surface area contributed by atoms with Crippen LogP contribution in [-0.2, 0) is 15.6 Å². The van der Waals surface area contributed by atoms with Gasteiger partial charge in [0.05, 0.1) is 18.6 Å². The van der Waals surface area contributed by atoms with Crippen LogP contribution in [0.2, 0.25) is 0 Å². The maximum absolute atomic E-state index is 11.9. The van der Waals surface area contributed by atoms with Gasteiger partial charge >= 0.3 is 0 Å². The van der Waals surface area contributed by atoms with Gasteiger partial charge in [-0.2, -0.15) is 0 Å². The summed E-state index contributed by atoms with van der Waals surface area (Å²) in [5.41, 5.74) is 0.810. The molecule has 1 heterocycles. The Morgan fingerprint density at radius 3 is 2.47 bits per heavy atom. The van der Waals surface area contributed by atoms with Gasteiger partial charge in [-0.3, -0.25) is 0 Å². The summed E-state index contributed by atoms with van der Waals surface area (Å²) < 4.78 is 28.8. The second-order valence-corrected chi connectivity index (χ2v) is 6.45. The molecule has 17 heavy (non-hydrogen) atoms. The highest BCUT2D eigenvalue weighted by Crippen LogP contribution is 2.15. The average molecular weight is 255 g/mol. The van der Waals surface area contributed by atoms with E-state index in [1.165, 1.54) is 0 Å².